The highest BCUT2D eigenvalue weighted by atomic mass is 16.3. The standard InChI is InChI=1S/C22H26N4O2/c1-15-4-6-18(17(3)12-15)24-22(27)26-10-8-25(9-11-26)14-21-23-19-7-5-16(2)13-20(19)28-21/h4-7,12-13H,8-11,14H2,1-3H3,(H,24,27). The molecule has 2 heterocycles. The average molecular weight is 378 g/mol. The number of hydrogen-bond donors (Lipinski definition) is 1. The molecule has 1 aliphatic rings. The molecule has 0 spiro atoms. The van der Waals surface area contributed by atoms with Crippen molar-refractivity contribution >= 4 is 22.8 Å². The van der Waals surface area contributed by atoms with Gasteiger partial charge in [-0.1, -0.05) is 23.8 Å². The van der Waals surface area contributed by atoms with Crippen molar-refractivity contribution in [3.8, 4) is 0 Å². The number of urea groups is 1. The monoisotopic (exact) mass is 378 g/mol. The molecular weight excluding hydrogens is 352 g/mol. The normalized spacial score (nSPS) is 15.2. The molecule has 0 atom stereocenters. The van der Waals surface area contributed by atoms with Crippen molar-refractivity contribution in [1.82, 2.24) is 14.8 Å². The molecule has 0 saturated carbocycles. The summed E-state index contributed by atoms with van der Waals surface area (Å²) in [6, 6.07) is 12.1. The van der Waals surface area contributed by atoms with Gasteiger partial charge in [0.05, 0.1) is 6.54 Å². The van der Waals surface area contributed by atoms with E-state index in [1.54, 1.807) is 0 Å². The van der Waals surface area contributed by atoms with Crippen LogP contribution in [0.25, 0.3) is 11.1 Å². The predicted molar refractivity (Wildman–Crippen MR) is 111 cm³/mol. The summed E-state index contributed by atoms with van der Waals surface area (Å²) < 4.78 is 5.88. The van der Waals surface area contributed by atoms with Crippen LogP contribution in [-0.4, -0.2) is 47.0 Å². The first-order valence-electron chi connectivity index (χ1n) is 9.69. The molecule has 6 nitrogen and oxygen atoms in total. The molecule has 146 valence electrons. The minimum Gasteiger partial charge on any atom is -0.439 e. The maximum absolute atomic E-state index is 12.6. The molecule has 1 N–H and O–H groups in total. The van der Waals surface area contributed by atoms with Gasteiger partial charge in [-0.3, -0.25) is 4.90 Å². The molecular formula is C22H26N4O2. The summed E-state index contributed by atoms with van der Waals surface area (Å²) in [6.45, 7) is 9.77. The predicted octanol–water partition coefficient (Wildman–Crippen LogP) is 4.10. The first kappa shape index (κ1) is 18.5. The number of anilines is 1. The Hall–Kier alpha value is -2.86. The molecule has 1 saturated heterocycles. The van der Waals surface area contributed by atoms with Gasteiger partial charge in [-0.25, -0.2) is 9.78 Å². The molecule has 2 aromatic carbocycles. The molecule has 0 aliphatic carbocycles. The lowest BCUT2D eigenvalue weighted by Gasteiger charge is -2.34. The van der Waals surface area contributed by atoms with Crippen molar-refractivity contribution in [3.05, 3.63) is 59.0 Å². The summed E-state index contributed by atoms with van der Waals surface area (Å²) in [7, 11) is 0. The number of nitrogens with one attached hydrogen (secondary N) is 1. The third-order valence-electron chi connectivity index (χ3n) is 5.23. The third-order valence-corrected chi connectivity index (χ3v) is 5.23. The van der Waals surface area contributed by atoms with Gasteiger partial charge in [-0.05, 0) is 50.1 Å². The number of carbonyl (C=O) groups excluding carboxylic acids is 1. The van der Waals surface area contributed by atoms with Crippen LogP contribution < -0.4 is 5.32 Å². The zero-order valence-electron chi connectivity index (χ0n) is 16.7. The van der Waals surface area contributed by atoms with E-state index in [1.165, 1.54) is 11.1 Å². The van der Waals surface area contributed by atoms with E-state index in [-0.39, 0.29) is 6.03 Å². The van der Waals surface area contributed by atoms with Crippen molar-refractivity contribution in [2.75, 3.05) is 31.5 Å². The number of aryl methyl sites for hydroxylation is 3. The number of fused-ring (bicyclic) bond motifs is 1. The van der Waals surface area contributed by atoms with Crippen LogP contribution in [0.2, 0.25) is 0 Å². The van der Waals surface area contributed by atoms with E-state index in [2.05, 4.69) is 28.2 Å². The minimum absolute atomic E-state index is 0.0380. The number of carbonyl (C=O) groups is 1. The highest BCUT2D eigenvalue weighted by molar-refractivity contribution is 5.90. The van der Waals surface area contributed by atoms with Gasteiger partial charge in [0.25, 0.3) is 0 Å². The van der Waals surface area contributed by atoms with E-state index < -0.39 is 0 Å². The summed E-state index contributed by atoms with van der Waals surface area (Å²) in [6.07, 6.45) is 0. The number of amides is 2. The van der Waals surface area contributed by atoms with Crippen molar-refractivity contribution < 1.29 is 9.21 Å². The topological polar surface area (TPSA) is 61.6 Å². The van der Waals surface area contributed by atoms with E-state index in [0.717, 1.165) is 41.3 Å². The fourth-order valence-electron chi connectivity index (χ4n) is 3.60. The summed E-state index contributed by atoms with van der Waals surface area (Å²) in [5, 5.41) is 3.03. The highest BCUT2D eigenvalue weighted by Crippen LogP contribution is 2.19. The van der Waals surface area contributed by atoms with Crippen LogP contribution in [-0.2, 0) is 6.54 Å². The molecule has 0 bridgehead atoms. The van der Waals surface area contributed by atoms with Crippen LogP contribution >= 0.6 is 0 Å². The lowest BCUT2D eigenvalue weighted by atomic mass is 10.1. The highest BCUT2D eigenvalue weighted by Gasteiger charge is 2.22. The Morgan fingerprint density at radius 3 is 2.50 bits per heavy atom. The van der Waals surface area contributed by atoms with Crippen molar-refractivity contribution in [3.63, 3.8) is 0 Å². The number of oxazole rings is 1. The largest absolute Gasteiger partial charge is 0.439 e. The van der Waals surface area contributed by atoms with Gasteiger partial charge in [-0.15, -0.1) is 0 Å². The van der Waals surface area contributed by atoms with Gasteiger partial charge in [0.1, 0.15) is 5.52 Å². The summed E-state index contributed by atoms with van der Waals surface area (Å²) >= 11 is 0. The smallest absolute Gasteiger partial charge is 0.321 e. The Morgan fingerprint density at radius 1 is 1.04 bits per heavy atom. The molecule has 2 amide bonds. The number of nitrogens with zero attached hydrogens (tertiary/aromatic N) is 3. The SMILES string of the molecule is Cc1ccc(NC(=O)N2CCN(Cc3nc4ccc(C)cc4o3)CC2)c(C)c1. The molecule has 1 fully saturated rings. The summed E-state index contributed by atoms with van der Waals surface area (Å²) in [5.74, 6) is 0.730. The number of benzene rings is 2. The maximum atomic E-state index is 12.6. The molecule has 1 aliphatic heterocycles. The van der Waals surface area contributed by atoms with Gasteiger partial charge >= 0.3 is 6.03 Å². The van der Waals surface area contributed by atoms with Crippen LogP contribution in [0.1, 0.15) is 22.6 Å². The Kier molecular flexibility index (Phi) is 5.05. The second-order valence-electron chi connectivity index (χ2n) is 7.59. The first-order valence-corrected chi connectivity index (χ1v) is 9.69. The van der Waals surface area contributed by atoms with Crippen LogP contribution in [0.3, 0.4) is 0 Å². The molecule has 1 aromatic heterocycles. The Balaban J connectivity index is 1.32. The van der Waals surface area contributed by atoms with E-state index in [4.69, 9.17) is 4.42 Å². The van der Waals surface area contributed by atoms with Gasteiger partial charge < -0.3 is 14.6 Å². The zero-order chi connectivity index (χ0) is 19.7. The van der Waals surface area contributed by atoms with Crippen molar-refractivity contribution in [1.29, 1.82) is 0 Å². The number of aromatic nitrogens is 1. The first-order chi connectivity index (χ1) is 13.5. The second kappa shape index (κ2) is 7.64. The van der Waals surface area contributed by atoms with Gasteiger partial charge in [0, 0.05) is 31.9 Å². The van der Waals surface area contributed by atoms with Crippen LogP contribution in [0.4, 0.5) is 10.5 Å². The fourth-order valence-corrected chi connectivity index (χ4v) is 3.60. The number of piperazine rings is 1. The molecule has 28 heavy (non-hydrogen) atoms. The quantitative estimate of drug-likeness (QED) is 0.745. The maximum Gasteiger partial charge on any atom is 0.321 e. The molecule has 3 aromatic rings. The Morgan fingerprint density at radius 2 is 1.75 bits per heavy atom. The van der Waals surface area contributed by atoms with Gasteiger partial charge in [0.15, 0.2) is 5.58 Å². The molecule has 0 unspecified atom stereocenters. The Labute approximate surface area is 165 Å². The number of rotatable bonds is 3. The van der Waals surface area contributed by atoms with E-state index in [0.29, 0.717) is 19.6 Å². The van der Waals surface area contributed by atoms with Gasteiger partial charge in [-0.2, -0.15) is 0 Å². The van der Waals surface area contributed by atoms with E-state index in [9.17, 15) is 4.79 Å². The average Bonchev–Trinajstić information content (AvgIpc) is 3.06. The molecule has 4 rings (SSSR count). The number of hydrogen-bond acceptors (Lipinski definition) is 4. The van der Waals surface area contributed by atoms with Gasteiger partial charge in [0.2, 0.25) is 5.89 Å². The zero-order valence-corrected chi connectivity index (χ0v) is 16.7. The second-order valence-corrected chi connectivity index (χ2v) is 7.59. The fraction of sp³-hybridized carbons (Fsp3) is 0.364. The Bertz CT molecular complexity index is 1000. The molecule has 0 radical (unpaired) electrons. The van der Waals surface area contributed by atoms with Crippen molar-refractivity contribution in [2.24, 2.45) is 0 Å². The van der Waals surface area contributed by atoms with Crippen molar-refractivity contribution in [2.45, 2.75) is 27.3 Å². The van der Waals surface area contributed by atoms with E-state index >= 15 is 0 Å². The molecule has 6 heteroatoms. The van der Waals surface area contributed by atoms with Crippen LogP contribution in [0.15, 0.2) is 40.8 Å². The third kappa shape index (κ3) is 4.02. The minimum atomic E-state index is -0.0380. The lowest BCUT2D eigenvalue weighted by molar-refractivity contribution is 0.136. The van der Waals surface area contributed by atoms with Crippen LogP contribution in [0.5, 0.6) is 0 Å². The summed E-state index contributed by atoms with van der Waals surface area (Å²) in [5.41, 5.74) is 6.05. The van der Waals surface area contributed by atoms with Crippen LogP contribution in [0, 0.1) is 20.8 Å². The lowest BCUT2D eigenvalue weighted by Crippen LogP contribution is -2.49. The summed E-state index contributed by atoms with van der Waals surface area (Å²) in [4.78, 5) is 21.3. The van der Waals surface area contributed by atoms with E-state index in [1.807, 2.05) is 49.1 Å².